The van der Waals surface area contributed by atoms with E-state index in [0.717, 1.165) is 23.0 Å². The maximum Gasteiger partial charge on any atom is 0.150 e. The molecule has 1 nitrogen and oxygen atoms in total. The average Bonchev–Trinajstić information content (AvgIpc) is 2.08. The van der Waals surface area contributed by atoms with Gasteiger partial charge in [-0.15, -0.1) is 11.8 Å². The average molecular weight is 180 g/mol. The van der Waals surface area contributed by atoms with Gasteiger partial charge >= 0.3 is 0 Å². The molecule has 2 heteroatoms. The molecule has 1 aromatic carbocycles. The summed E-state index contributed by atoms with van der Waals surface area (Å²) in [6.45, 7) is 3.99. The highest BCUT2D eigenvalue weighted by molar-refractivity contribution is 7.98. The SMILES string of the molecule is CSc1cc(C)cc(C=O)c1C. The highest BCUT2D eigenvalue weighted by atomic mass is 32.2. The van der Waals surface area contributed by atoms with Crippen molar-refractivity contribution in [3.8, 4) is 0 Å². The van der Waals surface area contributed by atoms with Gasteiger partial charge in [-0.2, -0.15) is 0 Å². The summed E-state index contributed by atoms with van der Waals surface area (Å²) in [5.41, 5.74) is 3.04. The highest BCUT2D eigenvalue weighted by Gasteiger charge is 2.03. The lowest BCUT2D eigenvalue weighted by atomic mass is 10.1. The van der Waals surface area contributed by atoms with Crippen LogP contribution in [0.4, 0.5) is 0 Å². The van der Waals surface area contributed by atoms with Crippen LogP contribution in [0.15, 0.2) is 17.0 Å². The van der Waals surface area contributed by atoms with Crippen molar-refractivity contribution in [1.82, 2.24) is 0 Å². The van der Waals surface area contributed by atoms with Gasteiger partial charge in [0.15, 0.2) is 0 Å². The monoisotopic (exact) mass is 180 g/mol. The first-order valence-corrected chi connectivity index (χ1v) is 5.02. The van der Waals surface area contributed by atoms with Crippen LogP contribution in [0.5, 0.6) is 0 Å². The summed E-state index contributed by atoms with van der Waals surface area (Å²) in [6.07, 6.45) is 2.94. The summed E-state index contributed by atoms with van der Waals surface area (Å²) in [5, 5.41) is 0. The Hall–Kier alpha value is -0.760. The smallest absolute Gasteiger partial charge is 0.150 e. The van der Waals surface area contributed by atoms with E-state index in [1.54, 1.807) is 11.8 Å². The van der Waals surface area contributed by atoms with Gasteiger partial charge < -0.3 is 0 Å². The molecule has 0 aromatic heterocycles. The van der Waals surface area contributed by atoms with Crippen LogP contribution in [0.1, 0.15) is 21.5 Å². The second-order valence-corrected chi connectivity index (χ2v) is 3.65. The van der Waals surface area contributed by atoms with E-state index in [0.29, 0.717) is 0 Å². The molecule has 0 spiro atoms. The molecular formula is C10H12OS. The molecule has 12 heavy (non-hydrogen) atoms. The molecule has 0 aliphatic rings. The molecule has 0 heterocycles. The maximum atomic E-state index is 10.6. The van der Waals surface area contributed by atoms with Crippen LogP contribution < -0.4 is 0 Å². The molecular weight excluding hydrogens is 168 g/mol. The van der Waals surface area contributed by atoms with Crippen LogP contribution in [-0.2, 0) is 0 Å². The first kappa shape index (κ1) is 9.33. The minimum absolute atomic E-state index is 0.805. The molecule has 0 bridgehead atoms. The zero-order valence-electron chi connectivity index (χ0n) is 7.55. The summed E-state index contributed by atoms with van der Waals surface area (Å²) < 4.78 is 0. The molecule has 0 aliphatic heterocycles. The Morgan fingerprint density at radius 3 is 2.50 bits per heavy atom. The molecule has 0 aliphatic carbocycles. The van der Waals surface area contributed by atoms with Crippen LogP contribution in [-0.4, -0.2) is 12.5 Å². The third-order valence-electron chi connectivity index (χ3n) is 1.89. The van der Waals surface area contributed by atoms with E-state index in [4.69, 9.17) is 0 Å². The fourth-order valence-electron chi connectivity index (χ4n) is 1.19. The summed E-state index contributed by atoms with van der Waals surface area (Å²) in [5.74, 6) is 0. The number of rotatable bonds is 2. The molecule has 0 saturated heterocycles. The quantitative estimate of drug-likeness (QED) is 0.514. The van der Waals surface area contributed by atoms with Gasteiger partial charge in [0.1, 0.15) is 6.29 Å². The van der Waals surface area contributed by atoms with E-state index < -0.39 is 0 Å². The first-order valence-electron chi connectivity index (χ1n) is 3.79. The molecule has 0 N–H and O–H groups in total. The number of aldehydes is 1. The molecule has 0 radical (unpaired) electrons. The van der Waals surface area contributed by atoms with Crippen LogP contribution in [0.25, 0.3) is 0 Å². The Bertz CT molecular complexity index is 305. The van der Waals surface area contributed by atoms with Crippen molar-refractivity contribution in [2.24, 2.45) is 0 Å². The second kappa shape index (κ2) is 3.76. The minimum atomic E-state index is 0.805. The zero-order valence-corrected chi connectivity index (χ0v) is 8.37. The minimum Gasteiger partial charge on any atom is -0.298 e. The van der Waals surface area contributed by atoms with E-state index in [2.05, 4.69) is 6.07 Å². The van der Waals surface area contributed by atoms with Crippen molar-refractivity contribution in [2.75, 3.05) is 6.26 Å². The Morgan fingerprint density at radius 2 is 2.00 bits per heavy atom. The summed E-state index contributed by atoms with van der Waals surface area (Å²) in [6, 6.07) is 4.02. The lowest BCUT2D eigenvalue weighted by Gasteiger charge is -2.06. The number of hydrogen-bond acceptors (Lipinski definition) is 2. The van der Waals surface area contributed by atoms with Gasteiger partial charge in [0.05, 0.1) is 0 Å². The van der Waals surface area contributed by atoms with Gasteiger partial charge in [0.25, 0.3) is 0 Å². The Balaban J connectivity index is 3.31. The van der Waals surface area contributed by atoms with Crippen molar-refractivity contribution < 1.29 is 4.79 Å². The molecule has 0 atom stereocenters. The third-order valence-corrected chi connectivity index (χ3v) is 2.76. The summed E-state index contributed by atoms with van der Waals surface area (Å²) >= 11 is 1.68. The van der Waals surface area contributed by atoms with E-state index in [1.165, 1.54) is 4.90 Å². The Kier molecular flexibility index (Phi) is 2.93. The van der Waals surface area contributed by atoms with E-state index >= 15 is 0 Å². The maximum absolute atomic E-state index is 10.6. The standard InChI is InChI=1S/C10H12OS/c1-7-4-9(6-11)8(2)10(5-7)12-3/h4-6H,1-3H3. The lowest BCUT2D eigenvalue weighted by molar-refractivity contribution is 0.112. The molecule has 0 saturated carbocycles. The predicted molar refractivity (Wildman–Crippen MR) is 53.1 cm³/mol. The Morgan fingerprint density at radius 1 is 1.33 bits per heavy atom. The number of aryl methyl sites for hydroxylation is 1. The molecule has 1 aromatic rings. The lowest BCUT2D eigenvalue weighted by Crippen LogP contribution is -1.90. The van der Waals surface area contributed by atoms with Gasteiger partial charge in [-0.05, 0) is 43.4 Å². The topological polar surface area (TPSA) is 17.1 Å². The molecule has 64 valence electrons. The largest absolute Gasteiger partial charge is 0.298 e. The number of carbonyl (C=O) groups excluding carboxylic acids is 1. The van der Waals surface area contributed by atoms with Crippen molar-refractivity contribution in [3.63, 3.8) is 0 Å². The summed E-state index contributed by atoms with van der Waals surface area (Å²) in [4.78, 5) is 11.8. The van der Waals surface area contributed by atoms with E-state index in [9.17, 15) is 4.79 Å². The van der Waals surface area contributed by atoms with E-state index in [-0.39, 0.29) is 0 Å². The molecule has 0 fully saturated rings. The Labute approximate surface area is 77.2 Å². The van der Waals surface area contributed by atoms with Crippen molar-refractivity contribution in [2.45, 2.75) is 18.7 Å². The number of thioether (sulfide) groups is 1. The normalized spacial score (nSPS) is 9.92. The number of hydrogen-bond donors (Lipinski definition) is 0. The van der Waals surface area contributed by atoms with Crippen LogP contribution in [0.2, 0.25) is 0 Å². The van der Waals surface area contributed by atoms with Gasteiger partial charge in [-0.25, -0.2) is 0 Å². The summed E-state index contributed by atoms with van der Waals surface area (Å²) in [7, 11) is 0. The van der Waals surface area contributed by atoms with Crippen LogP contribution in [0.3, 0.4) is 0 Å². The van der Waals surface area contributed by atoms with Crippen LogP contribution >= 0.6 is 11.8 Å². The molecule has 0 amide bonds. The predicted octanol–water partition coefficient (Wildman–Crippen LogP) is 2.84. The fraction of sp³-hybridized carbons (Fsp3) is 0.300. The third kappa shape index (κ3) is 1.69. The van der Waals surface area contributed by atoms with Crippen molar-refractivity contribution in [3.05, 3.63) is 28.8 Å². The van der Waals surface area contributed by atoms with Gasteiger partial charge in [0, 0.05) is 10.5 Å². The van der Waals surface area contributed by atoms with Crippen molar-refractivity contribution in [1.29, 1.82) is 0 Å². The zero-order chi connectivity index (χ0) is 9.14. The fourth-order valence-corrected chi connectivity index (χ4v) is 1.91. The second-order valence-electron chi connectivity index (χ2n) is 2.80. The highest BCUT2D eigenvalue weighted by Crippen LogP contribution is 2.23. The van der Waals surface area contributed by atoms with Crippen LogP contribution in [0, 0.1) is 13.8 Å². The van der Waals surface area contributed by atoms with Gasteiger partial charge in [-0.1, -0.05) is 0 Å². The van der Waals surface area contributed by atoms with E-state index in [1.807, 2.05) is 26.2 Å². The van der Waals surface area contributed by atoms with Crippen molar-refractivity contribution >= 4 is 18.0 Å². The number of carbonyl (C=O) groups is 1. The van der Waals surface area contributed by atoms with Gasteiger partial charge in [-0.3, -0.25) is 4.79 Å². The number of benzene rings is 1. The molecule has 1 rings (SSSR count). The first-order chi connectivity index (χ1) is 5.69. The molecule has 0 unspecified atom stereocenters. The van der Waals surface area contributed by atoms with Gasteiger partial charge in [0.2, 0.25) is 0 Å².